The van der Waals surface area contributed by atoms with Gasteiger partial charge in [-0.05, 0) is 75.0 Å². The number of benzene rings is 2. The molecule has 3 N–H and O–H groups in total. The van der Waals surface area contributed by atoms with Crippen molar-refractivity contribution >= 4 is 34.8 Å². The van der Waals surface area contributed by atoms with Crippen molar-refractivity contribution in [1.29, 1.82) is 0 Å². The number of carbonyl (C=O) groups is 2. The zero-order valence-corrected chi connectivity index (χ0v) is 17.8. The van der Waals surface area contributed by atoms with Crippen LogP contribution in [0.15, 0.2) is 48.5 Å². The molecule has 2 amide bonds. The van der Waals surface area contributed by atoms with Crippen LogP contribution in [0.3, 0.4) is 0 Å². The van der Waals surface area contributed by atoms with Crippen molar-refractivity contribution in [3.05, 3.63) is 59.7 Å². The first-order valence-corrected chi connectivity index (χ1v) is 10.1. The number of hydrogen-bond donors (Lipinski definition) is 3. The second kappa shape index (κ2) is 11.2. The minimum atomic E-state index is -0.323. The average molecular weight is 414 g/mol. The van der Waals surface area contributed by atoms with E-state index in [9.17, 15) is 9.59 Å². The summed E-state index contributed by atoms with van der Waals surface area (Å²) in [5.74, 6) is 0.195. The van der Waals surface area contributed by atoms with Gasteiger partial charge in [0.2, 0.25) is 0 Å². The van der Waals surface area contributed by atoms with E-state index in [0.717, 1.165) is 12.8 Å². The Bertz CT molecular complexity index is 851. The van der Waals surface area contributed by atoms with Crippen LogP contribution >= 0.6 is 12.2 Å². The average Bonchev–Trinajstić information content (AvgIpc) is 2.68. The number of nitrogens with one attached hydrogen (secondary N) is 3. The van der Waals surface area contributed by atoms with Crippen LogP contribution in [0.5, 0.6) is 5.75 Å². The van der Waals surface area contributed by atoms with E-state index < -0.39 is 0 Å². The van der Waals surface area contributed by atoms with Crippen LogP contribution in [0.1, 0.15) is 54.3 Å². The van der Waals surface area contributed by atoms with Crippen LogP contribution in [0, 0.1) is 0 Å². The fraction of sp³-hybridized carbons (Fsp3) is 0.318. The van der Waals surface area contributed by atoms with Crippen molar-refractivity contribution in [2.45, 2.75) is 39.7 Å². The van der Waals surface area contributed by atoms with Crippen LogP contribution in [-0.4, -0.2) is 29.6 Å². The number of anilines is 1. The number of rotatable bonds is 8. The van der Waals surface area contributed by atoms with Gasteiger partial charge in [0.15, 0.2) is 5.11 Å². The lowest BCUT2D eigenvalue weighted by Gasteiger charge is -2.12. The van der Waals surface area contributed by atoms with E-state index in [1.807, 2.05) is 19.9 Å². The number of hydrogen-bond acceptors (Lipinski definition) is 4. The van der Waals surface area contributed by atoms with Crippen LogP contribution in [-0.2, 0) is 0 Å². The van der Waals surface area contributed by atoms with Crippen molar-refractivity contribution in [3.63, 3.8) is 0 Å². The van der Waals surface area contributed by atoms with Crippen molar-refractivity contribution < 1.29 is 14.3 Å². The van der Waals surface area contributed by atoms with Crippen molar-refractivity contribution in [1.82, 2.24) is 10.6 Å². The maximum atomic E-state index is 12.4. The highest BCUT2D eigenvalue weighted by molar-refractivity contribution is 7.80. The van der Waals surface area contributed by atoms with Gasteiger partial charge < -0.3 is 15.4 Å². The maximum Gasteiger partial charge on any atom is 0.257 e. The molecule has 0 radical (unpaired) electrons. The molecule has 0 atom stereocenters. The van der Waals surface area contributed by atoms with Gasteiger partial charge in [-0.2, -0.15) is 0 Å². The molecular formula is C22H27N3O3S. The normalized spacial score (nSPS) is 10.3. The first-order chi connectivity index (χ1) is 13.9. The molecule has 7 heteroatoms. The van der Waals surface area contributed by atoms with Gasteiger partial charge in [-0.3, -0.25) is 14.9 Å². The number of amides is 2. The lowest BCUT2D eigenvalue weighted by Crippen LogP contribution is -2.34. The molecule has 2 aromatic carbocycles. The summed E-state index contributed by atoms with van der Waals surface area (Å²) in [6.07, 6.45) is 2.01. The summed E-state index contributed by atoms with van der Waals surface area (Å²) in [5.41, 5.74) is 1.69. The monoisotopic (exact) mass is 413 g/mol. The molecule has 0 heterocycles. The molecule has 0 saturated heterocycles. The van der Waals surface area contributed by atoms with Crippen LogP contribution < -0.4 is 20.7 Å². The Morgan fingerprint density at radius 2 is 1.76 bits per heavy atom. The molecule has 6 nitrogen and oxygen atoms in total. The lowest BCUT2D eigenvalue weighted by atomic mass is 10.2. The van der Waals surface area contributed by atoms with E-state index in [1.54, 1.807) is 42.5 Å². The largest absolute Gasteiger partial charge is 0.494 e. The number of unbranched alkanes of at least 4 members (excludes halogenated alkanes) is 1. The summed E-state index contributed by atoms with van der Waals surface area (Å²) in [6, 6.07) is 13.9. The smallest absolute Gasteiger partial charge is 0.257 e. The molecule has 154 valence electrons. The molecule has 0 spiro atoms. The van der Waals surface area contributed by atoms with Gasteiger partial charge in [0, 0.05) is 22.9 Å². The minimum absolute atomic E-state index is 0.0682. The molecule has 2 aromatic rings. The fourth-order valence-corrected chi connectivity index (χ4v) is 2.66. The standard InChI is InChI=1S/C22H27N3O3S/c1-4-5-13-28-19-8-6-7-17(14-19)21(27)25-22(29)24-18-11-9-16(10-12-18)20(26)23-15(2)3/h6-12,14-15H,4-5,13H2,1-3H3,(H,23,26)(H2,24,25,27,29). The van der Waals surface area contributed by atoms with E-state index in [1.165, 1.54) is 0 Å². The zero-order chi connectivity index (χ0) is 21.2. The molecule has 0 aliphatic rings. The zero-order valence-electron chi connectivity index (χ0n) is 17.0. The predicted molar refractivity (Wildman–Crippen MR) is 120 cm³/mol. The summed E-state index contributed by atoms with van der Waals surface area (Å²) in [7, 11) is 0. The van der Waals surface area contributed by atoms with Gasteiger partial charge in [-0.15, -0.1) is 0 Å². The minimum Gasteiger partial charge on any atom is -0.494 e. The Balaban J connectivity index is 1.91. The molecule has 0 fully saturated rings. The highest BCUT2D eigenvalue weighted by Crippen LogP contribution is 2.14. The van der Waals surface area contributed by atoms with Crippen LogP contribution in [0.4, 0.5) is 5.69 Å². The topological polar surface area (TPSA) is 79.5 Å². The first-order valence-electron chi connectivity index (χ1n) is 9.65. The Morgan fingerprint density at radius 1 is 1.03 bits per heavy atom. The van der Waals surface area contributed by atoms with Gasteiger partial charge >= 0.3 is 0 Å². The van der Waals surface area contributed by atoms with E-state index in [-0.39, 0.29) is 23.0 Å². The highest BCUT2D eigenvalue weighted by Gasteiger charge is 2.10. The van der Waals surface area contributed by atoms with E-state index >= 15 is 0 Å². The second-order valence-corrected chi connectivity index (χ2v) is 7.25. The van der Waals surface area contributed by atoms with Crippen molar-refractivity contribution in [2.75, 3.05) is 11.9 Å². The Hall–Kier alpha value is -2.93. The molecule has 0 aliphatic heterocycles. The summed E-state index contributed by atoms with van der Waals surface area (Å²) in [6.45, 7) is 6.52. The molecule has 0 saturated carbocycles. The third kappa shape index (κ3) is 7.54. The van der Waals surface area contributed by atoms with Gasteiger partial charge in [-0.25, -0.2) is 0 Å². The lowest BCUT2D eigenvalue weighted by molar-refractivity contribution is 0.0941. The van der Waals surface area contributed by atoms with Crippen molar-refractivity contribution in [2.24, 2.45) is 0 Å². The van der Waals surface area contributed by atoms with E-state index in [4.69, 9.17) is 17.0 Å². The SMILES string of the molecule is CCCCOc1cccc(C(=O)NC(=S)Nc2ccc(C(=O)NC(C)C)cc2)c1. The number of thiocarbonyl (C=S) groups is 1. The molecule has 0 aromatic heterocycles. The third-order valence-electron chi connectivity index (χ3n) is 3.91. The Labute approximate surface area is 177 Å². The summed E-state index contributed by atoms with van der Waals surface area (Å²) < 4.78 is 5.63. The van der Waals surface area contributed by atoms with Gasteiger partial charge in [0.05, 0.1) is 6.61 Å². The summed E-state index contributed by atoms with van der Waals surface area (Å²) in [5, 5.41) is 8.60. The predicted octanol–water partition coefficient (Wildman–Crippen LogP) is 4.13. The number of ether oxygens (including phenoxy) is 1. The Kier molecular flexibility index (Phi) is 8.61. The summed E-state index contributed by atoms with van der Waals surface area (Å²) in [4.78, 5) is 24.4. The first kappa shape index (κ1) is 22.4. The van der Waals surface area contributed by atoms with E-state index in [2.05, 4.69) is 22.9 Å². The highest BCUT2D eigenvalue weighted by atomic mass is 32.1. The van der Waals surface area contributed by atoms with Gasteiger partial charge in [-0.1, -0.05) is 19.4 Å². The van der Waals surface area contributed by atoms with Crippen molar-refractivity contribution in [3.8, 4) is 5.75 Å². The third-order valence-corrected chi connectivity index (χ3v) is 4.12. The molecule has 29 heavy (non-hydrogen) atoms. The molecular weight excluding hydrogens is 386 g/mol. The number of carbonyl (C=O) groups excluding carboxylic acids is 2. The second-order valence-electron chi connectivity index (χ2n) is 6.84. The van der Waals surface area contributed by atoms with Crippen LogP contribution in [0.2, 0.25) is 0 Å². The quantitative estimate of drug-likeness (QED) is 0.448. The van der Waals surface area contributed by atoms with Gasteiger partial charge in [0.25, 0.3) is 11.8 Å². The molecule has 0 bridgehead atoms. The molecule has 0 aliphatic carbocycles. The molecule has 2 rings (SSSR count). The fourth-order valence-electron chi connectivity index (χ4n) is 2.45. The van der Waals surface area contributed by atoms with Gasteiger partial charge in [0.1, 0.15) is 5.75 Å². The maximum absolute atomic E-state index is 12.4. The van der Waals surface area contributed by atoms with Crippen LogP contribution in [0.25, 0.3) is 0 Å². The Morgan fingerprint density at radius 3 is 2.41 bits per heavy atom. The molecule has 0 unspecified atom stereocenters. The van der Waals surface area contributed by atoms with E-state index in [0.29, 0.717) is 29.2 Å². The summed E-state index contributed by atoms with van der Waals surface area (Å²) >= 11 is 5.22.